The van der Waals surface area contributed by atoms with Gasteiger partial charge in [-0.05, 0) is 37.8 Å². The molecule has 1 aliphatic rings. The van der Waals surface area contributed by atoms with Crippen molar-refractivity contribution in [2.24, 2.45) is 5.16 Å². The van der Waals surface area contributed by atoms with Crippen molar-refractivity contribution in [3.63, 3.8) is 0 Å². The molecule has 0 aliphatic heterocycles. The summed E-state index contributed by atoms with van der Waals surface area (Å²) in [5.41, 5.74) is 1.94. The van der Waals surface area contributed by atoms with E-state index in [4.69, 9.17) is 0 Å². The zero-order chi connectivity index (χ0) is 13.8. The van der Waals surface area contributed by atoms with Gasteiger partial charge in [0.1, 0.15) is 0 Å². The molecule has 1 aromatic carbocycles. The average Bonchev–Trinajstić information content (AvgIpc) is 2.84. The summed E-state index contributed by atoms with van der Waals surface area (Å²) in [6, 6.07) is 8.19. The van der Waals surface area contributed by atoms with E-state index in [0.717, 1.165) is 41.3 Å². The van der Waals surface area contributed by atoms with Gasteiger partial charge in [-0.3, -0.25) is 0 Å². The standard InChI is InChI=1S/C15H16N2OS2/c18-17-12-8-3-1-2-4-9-14(12)20-15-16-11-7-5-6-10-13(11)19-15/h1-2,5-7,10,14,18H,3-4,8-9H2/b2-1?,17-12+/t14-/m1/s1. The Morgan fingerprint density at radius 3 is 2.95 bits per heavy atom. The molecule has 5 heteroatoms. The van der Waals surface area contributed by atoms with E-state index in [9.17, 15) is 5.21 Å². The SMILES string of the molecule is O/N=C1\CCC=CCC[C@H]1Sc1nc2ccccc2s1. The minimum absolute atomic E-state index is 0.227. The highest BCUT2D eigenvalue weighted by atomic mass is 32.2. The van der Waals surface area contributed by atoms with Crippen LogP contribution in [0, 0.1) is 0 Å². The summed E-state index contributed by atoms with van der Waals surface area (Å²) in [6.45, 7) is 0. The quantitative estimate of drug-likeness (QED) is 0.496. The Balaban J connectivity index is 1.82. The van der Waals surface area contributed by atoms with Gasteiger partial charge < -0.3 is 5.21 Å². The normalized spacial score (nSPS) is 22.0. The Morgan fingerprint density at radius 1 is 1.25 bits per heavy atom. The monoisotopic (exact) mass is 304 g/mol. The number of hydrogen-bond acceptors (Lipinski definition) is 5. The maximum atomic E-state index is 9.23. The third kappa shape index (κ3) is 3.04. The molecule has 3 rings (SSSR count). The van der Waals surface area contributed by atoms with Crippen LogP contribution in [-0.2, 0) is 0 Å². The van der Waals surface area contributed by atoms with Crippen molar-refractivity contribution in [1.82, 2.24) is 4.98 Å². The summed E-state index contributed by atoms with van der Waals surface area (Å²) in [5.74, 6) is 0. The van der Waals surface area contributed by atoms with Crippen molar-refractivity contribution < 1.29 is 5.21 Å². The van der Waals surface area contributed by atoms with Crippen LogP contribution in [0.25, 0.3) is 10.2 Å². The highest BCUT2D eigenvalue weighted by Crippen LogP contribution is 2.35. The highest BCUT2D eigenvalue weighted by Gasteiger charge is 2.20. The summed E-state index contributed by atoms with van der Waals surface area (Å²) >= 11 is 3.44. The number of aromatic nitrogens is 1. The Bertz CT molecular complexity index is 615. The van der Waals surface area contributed by atoms with E-state index in [1.54, 1.807) is 23.1 Å². The molecule has 1 aromatic heterocycles. The second-order valence-electron chi connectivity index (χ2n) is 4.73. The van der Waals surface area contributed by atoms with Crippen molar-refractivity contribution in [3.05, 3.63) is 36.4 Å². The van der Waals surface area contributed by atoms with Crippen molar-refractivity contribution in [2.75, 3.05) is 0 Å². The highest BCUT2D eigenvalue weighted by molar-refractivity contribution is 8.02. The van der Waals surface area contributed by atoms with Gasteiger partial charge in [0.2, 0.25) is 0 Å². The first kappa shape index (κ1) is 13.6. The molecule has 0 saturated carbocycles. The molecule has 1 heterocycles. The second-order valence-corrected chi connectivity index (χ2v) is 7.21. The summed E-state index contributed by atoms with van der Waals surface area (Å²) in [7, 11) is 0. The maximum absolute atomic E-state index is 9.23. The molecule has 1 aliphatic carbocycles. The van der Waals surface area contributed by atoms with Crippen LogP contribution in [0.1, 0.15) is 25.7 Å². The lowest BCUT2D eigenvalue weighted by Crippen LogP contribution is -2.18. The fourth-order valence-corrected chi connectivity index (χ4v) is 4.76. The Labute approximate surface area is 126 Å². The topological polar surface area (TPSA) is 45.5 Å². The number of hydrogen-bond donors (Lipinski definition) is 1. The molecule has 1 atom stereocenters. The molecule has 104 valence electrons. The number of nitrogens with zero attached hydrogens (tertiary/aromatic N) is 2. The van der Waals surface area contributed by atoms with Gasteiger partial charge in [0, 0.05) is 0 Å². The van der Waals surface area contributed by atoms with Crippen molar-refractivity contribution >= 4 is 39.0 Å². The van der Waals surface area contributed by atoms with Crippen LogP contribution in [-0.4, -0.2) is 21.2 Å². The van der Waals surface area contributed by atoms with E-state index in [1.807, 2.05) is 18.2 Å². The van der Waals surface area contributed by atoms with Gasteiger partial charge in [0.25, 0.3) is 0 Å². The average molecular weight is 304 g/mol. The van der Waals surface area contributed by atoms with E-state index >= 15 is 0 Å². The van der Waals surface area contributed by atoms with Crippen molar-refractivity contribution in [3.8, 4) is 0 Å². The lowest BCUT2D eigenvalue weighted by molar-refractivity contribution is 0.316. The lowest BCUT2D eigenvalue weighted by Gasteiger charge is -2.17. The summed E-state index contributed by atoms with van der Waals surface area (Å²) in [6.07, 6.45) is 8.20. The first-order chi connectivity index (χ1) is 9.86. The summed E-state index contributed by atoms with van der Waals surface area (Å²) < 4.78 is 2.27. The lowest BCUT2D eigenvalue weighted by atomic mass is 10.0. The summed E-state index contributed by atoms with van der Waals surface area (Å²) in [4.78, 5) is 4.66. The predicted molar refractivity (Wildman–Crippen MR) is 86.1 cm³/mol. The van der Waals surface area contributed by atoms with Gasteiger partial charge >= 0.3 is 0 Å². The van der Waals surface area contributed by atoms with Crippen LogP contribution >= 0.6 is 23.1 Å². The predicted octanol–water partition coefficient (Wildman–Crippen LogP) is 4.72. The van der Waals surface area contributed by atoms with Crippen LogP contribution in [0.4, 0.5) is 0 Å². The zero-order valence-electron chi connectivity index (χ0n) is 11.0. The molecule has 0 radical (unpaired) electrons. The smallest absolute Gasteiger partial charge is 0.151 e. The fourth-order valence-electron chi connectivity index (χ4n) is 2.31. The van der Waals surface area contributed by atoms with Gasteiger partial charge in [-0.1, -0.05) is 41.2 Å². The fraction of sp³-hybridized carbons (Fsp3) is 0.333. The molecule has 0 amide bonds. The molecule has 3 nitrogen and oxygen atoms in total. The van der Waals surface area contributed by atoms with Crippen LogP contribution in [0.2, 0.25) is 0 Å². The molecular weight excluding hydrogens is 288 g/mol. The molecule has 0 spiro atoms. The number of allylic oxidation sites excluding steroid dienone is 2. The van der Waals surface area contributed by atoms with Gasteiger partial charge in [-0.2, -0.15) is 0 Å². The van der Waals surface area contributed by atoms with Crippen LogP contribution in [0.15, 0.2) is 45.9 Å². The minimum atomic E-state index is 0.227. The number of fused-ring (bicyclic) bond motifs is 1. The zero-order valence-corrected chi connectivity index (χ0v) is 12.7. The number of thioether (sulfide) groups is 1. The molecule has 0 bridgehead atoms. The van der Waals surface area contributed by atoms with E-state index in [1.165, 1.54) is 4.70 Å². The van der Waals surface area contributed by atoms with Gasteiger partial charge in [-0.25, -0.2) is 4.98 Å². The second kappa shape index (κ2) is 6.41. The first-order valence-electron chi connectivity index (χ1n) is 6.75. The van der Waals surface area contributed by atoms with Gasteiger partial charge in [0.05, 0.1) is 21.2 Å². The number of oxime groups is 1. The molecule has 0 unspecified atom stereocenters. The Hall–Kier alpha value is -1.33. The van der Waals surface area contributed by atoms with E-state index in [-0.39, 0.29) is 5.25 Å². The number of rotatable bonds is 2. The van der Waals surface area contributed by atoms with Crippen LogP contribution < -0.4 is 0 Å². The first-order valence-corrected chi connectivity index (χ1v) is 8.44. The number of para-hydroxylation sites is 1. The third-order valence-corrected chi connectivity index (χ3v) is 5.80. The van der Waals surface area contributed by atoms with Gasteiger partial charge in [-0.15, -0.1) is 11.3 Å². The summed E-state index contributed by atoms with van der Waals surface area (Å²) in [5, 5.41) is 13.0. The van der Waals surface area contributed by atoms with E-state index in [0.29, 0.717) is 0 Å². The van der Waals surface area contributed by atoms with Crippen LogP contribution in [0.5, 0.6) is 0 Å². The molecule has 20 heavy (non-hydrogen) atoms. The third-order valence-electron chi connectivity index (χ3n) is 3.35. The molecule has 2 aromatic rings. The van der Waals surface area contributed by atoms with Crippen molar-refractivity contribution in [2.45, 2.75) is 35.3 Å². The van der Waals surface area contributed by atoms with Crippen LogP contribution in [0.3, 0.4) is 0 Å². The number of thiazole rings is 1. The Kier molecular flexibility index (Phi) is 4.38. The Morgan fingerprint density at radius 2 is 2.10 bits per heavy atom. The minimum Gasteiger partial charge on any atom is -0.411 e. The molecule has 1 N–H and O–H groups in total. The largest absolute Gasteiger partial charge is 0.411 e. The molecule has 0 saturated heterocycles. The number of benzene rings is 1. The molecular formula is C15H16N2OS2. The maximum Gasteiger partial charge on any atom is 0.151 e. The molecule has 0 fully saturated rings. The van der Waals surface area contributed by atoms with Crippen molar-refractivity contribution in [1.29, 1.82) is 0 Å². The van der Waals surface area contributed by atoms with Gasteiger partial charge in [0.15, 0.2) is 4.34 Å². The van der Waals surface area contributed by atoms with E-state index in [2.05, 4.69) is 28.4 Å². The van der Waals surface area contributed by atoms with E-state index < -0.39 is 0 Å².